The van der Waals surface area contributed by atoms with Crippen molar-refractivity contribution in [1.82, 2.24) is 4.90 Å². The van der Waals surface area contributed by atoms with Crippen LogP contribution in [0, 0.1) is 5.92 Å². The quantitative estimate of drug-likeness (QED) is 0.765. The molecule has 0 aliphatic carbocycles. The molecule has 1 saturated heterocycles. The average Bonchev–Trinajstić information content (AvgIpc) is 3.00. The summed E-state index contributed by atoms with van der Waals surface area (Å²) in [6, 6.07) is 1.80. The summed E-state index contributed by atoms with van der Waals surface area (Å²) < 4.78 is 5.31. The number of carboxylic acids is 1. The zero-order valence-corrected chi connectivity index (χ0v) is 16.0. The van der Waals surface area contributed by atoms with E-state index in [2.05, 4.69) is 37.8 Å². The van der Waals surface area contributed by atoms with E-state index >= 15 is 0 Å². The van der Waals surface area contributed by atoms with Crippen LogP contribution in [0.5, 0.6) is 0 Å². The lowest BCUT2D eigenvalue weighted by molar-refractivity contribution is 0.0701. The third kappa shape index (κ3) is 4.38. The van der Waals surface area contributed by atoms with Crippen LogP contribution in [0.3, 0.4) is 0 Å². The molecule has 1 aromatic heterocycles. The monoisotopic (exact) mass is 349 g/mol. The minimum atomic E-state index is -1.09. The van der Waals surface area contributed by atoms with Crippen molar-refractivity contribution in [1.29, 1.82) is 0 Å². The van der Waals surface area contributed by atoms with Crippen molar-refractivity contribution in [2.45, 2.75) is 40.2 Å². The van der Waals surface area contributed by atoms with E-state index in [0.717, 1.165) is 38.0 Å². The molecule has 24 heavy (non-hydrogen) atoms. The number of aromatic carboxylic acids is 1. The maximum atomic E-state index is 11.3. The molecule has 0 saturated carbocycles. The lowest BCUT2D eigenvalue weighted by Crippen LogP contribution is -2.33. The summed E-state index contributed by atoms with van der Waals surface area (Å²) in [5, 5.41) is 9.65. The molecule has 4 nitrogen and oxygen atoms in total. The smallest absolute Gasteiger partial charge is 0.341 e. The van der Waals surface area contributed by atoms with Gasteiger partial charge >= 0.3 is 5.97 Å². The molecule has 1 atom stereocenters. The summed E-state index contributed by atoms with van der Waals surface area (Å²) >= 11 is 0. The molecule has 0 spiro atoms. The van der Waals surface area contributed by atoms with Crippen molar-refractivity contribution in [3.63, 3.8) is 0 Å². The Morgan fingerprint density at radius 2 is 2.04 bits per heavy atom. The van der Waals surface area contributed by atoms with E-state index in [0.29, 0.717) is 11.2 Å². The molecule has 0 radical (unpaired) electrons. The van der Waals surface area contributed by atoms with Gasteiger partial charge in [-0.1, -0.05) is 17.7 Å². The Bertz CT molecular complexity index is 637. The molecule has 2 rings (SSSR count). The van der Waals surface area contributed by atoms with Gasteiger partial charge in [0.05, 0.1) is 0 Å². The van der Waals surface area contributed by atoms with E-state index in [9.17, 15) is 9.90 Å². The molecule has 0 aromatic carbocycles. The molecule has 1 aromatic rings. The number of allylic oxidation sites excluding steroid dienone is 4. The predicted octanol–water partition coefficient (Wildman–Crippen LogP) is 4.55. The minimum Gasteiger partial charge on any atom is -0.477 e. The van der Waals surface area contributed by atoms with Crippen LogP contribution in [0.2, 0.25) is 0 Å². The van der Waals surface area contributed by atoms with Crippen LogP contribution in [0.1, 0.15) is 49.3 Å². The molecule has 5 heteroatoms. The highest BCUT2D eigenvalue weighted by Gasteiger charge is 2.23. The molecule has 1 aliphatic rings. The van der Waals surface area contributed by atoms with Gasteiger partial charge in [-0.25, -0.2) is 4.79 Å². The van der Waals surface area contributed by atoms with Crippen molar-refractivity contribution in [3.8, 4) is 0 Å². The summed E-state index contributed by atoms with van der Waals surface area (Å²) in [6.07, 6.45) is 6.76. The summed E-state index contributed by atoms with van der Waals surface area (Å²) in [5.74, 6) is 1.76. The number of piperidine rings is 1. The lowest BCUT2D eigenvalue weighted by atomic mass is 9.85. The molecule has 0 amide bonds. The molecule has 0 bridgehead atoms. The Balaban J connectivity index is 1.97. The Hall–Kier alpha value is -1.35. The normalized spacial score (nSPS) is 18.9. The minimum absolute atomic E-state index is 0.400. The highest BCUT2D eigenvalue weighted by atomic mass is 31.1. The van der Waals surface area contributed by atoms with Gasteiger partial charge < -0.3 is 9.63 Å². The van der Waals surface area contributed by atoms with Crippen molar-refractivity contribution in [3.05, 3.63) is 46.0 Å². The Labute approximate surface area is 146 Å². The summed E-state index contributed by atoms with van der Waals surface area (Å²) in [7, 11) is 0.491. The summed E-state index contributed by atoms with van der Waals surface area (Å²) in [5.41, 5.74) is 3.94. The van der Waals surface area contributed by atoms with Crippen molar-refractivity contribution in [2.24, 2.45) is 5.92 Å². The fraction of sp³-hybridized carbons (Fsp3) is 0.526. The van der Waals surface area contributed by atoms with Crippen LogP contribution >= 0.6 is 7.76 Å². The fourth-order valence-electron chi connectivity index (χ4n) is 3.50. The zero-order chi connectivity index (χ0) is 17.7. The highest BCUT2D eigenvalue weighted by Crippen LogP contribution is 2.35. The van der Waals surface area contributed by atoms with Gasteiger partial charge in [-0.15, -0.1) is 0 Å². The van der Waals surface area contributed by atoms with E-state index in [-0.39, 0.29) is 0 Å². The Kier molecular flexibility index (Phi) is 6.85. The first-order valence-electron chi connectivity index (χ1n) is 8.51. The molecule has 1 N–H and O–H groups in total. The zero-order valence-electron chi connectivity index (χ0n) is 15.1. The van der Waals surface area contributed by atoms with Crippen LogP contribution in [-0.4, -0.2) is 36.2 Å². The molecule has 1 unspecified atom stereocenters. The second kappa shape index (κ2) is 8.66. The molecular formula is C19H28NO3P. The van der Waals surface area contributed by atoms with Crippen molar-refractivity contribution in [2.75, 3.05) is 20.2 Å². The molecule has 1 fully saturated rings. The van der Waals surface area contributed by atoms with Crippen LogP contribution in [0.25, 0.3) is 0 Å². The molecule has 2 heterocycles. The molecular weight excluding hydrogens is 321 g/mol. The van der Waals surface area contributed by atoms with Gasteiger partial charge in [0.2, 0.25) is 0 Å². The summed E-state index contributed by atoms with van der Waals surface area (Å²) in [4.78, 5) is 13.7. The van der Waals surface area contributed by atoms with Gasteiger partial charge in [0, 0.05) is 21.4 Å². The van der Waals surface area contributed by atoms with Gasteiger partial charge in [0.1, 0.15) is 5.30 Å². The second-order valence-corrected chi connectivity index (χ2v) is 8.07. The van der Waals surface area contributed by atoms with Crippen LogP contribution in [-0.2, 0) is 6.54 Å². The number of carboxylic acid groups (broad SMARTS) is 1. The molecule has 1 aliphatic heterocycles. The SMILES string of the molecule is C/C=C(\C(C)=C\C)C1CCN(Cc2cc(C(=O)O)p(OC)c2)CC1. The maximum Gasteiger partial charge on any atom is 0.341 e. The first-order chi connectivity index (χ1) is 11.5. The average molecular weight is 349 g/mol. The number of hydrogen-bond acceptors (Lipinski definition) is 3. The first-order valence-corrected chi connectivity index (χ1v) is 9.83. The van der Waals surface area contributed by atoms with E-state index in [1.54, 1.807) is 13.2 Å². The number of rotatable bonds is 6. The first kappa shape index (κ1) is 19.0. The fourth-order valence-corrected chi connectivity index (χ4v) is 4.88. The van der Waals surface area contributed by atoms with Gasteiger partial charge in [-0.05, 0) is 75.6 Å². The Morgan fingerprint density at radius 1 is 1.38 bits per heavy atom. The highest BCUT2D eigenvalue weighted by molar-refractivity contribution is 7.46. The van der Waals surface area contributed by atoms with Crippen molar-refractivity contribution < 1.29 is 14.4 Å². The van der Waals surface area contributed by atoms with Gasteiger partial charge in [-0.3, -0.25) is 4.90 Å². The third-order valence-electron chi connectivity index (χ3n) is 4.89. The van der Waals surface area contributed by atoms with Gasteiger partial charge in [0.25, 0.3) is 0 Å². The topological polar surface area (TPSA) is 49.8 Å². The predicted molar refractivity (Wildman–Crippen MR) is 99.8 cm³/mol. The number of carbonyl (C=O) groups is 1. The maximum absolute atomic E-state index is 11.3. The standard InChI is InChI=1S/C19H28NO3P/c1-5-14(3)17(6-2)16-7-9-20(10-8-16)12-15-11-18(19(21)22)24(13-15)23-4/h5-6,11,13,16H,7-10,12H2,1-4H3,(H,21,22)/b14-5+,17-6+. The van der Waals surface area contributed by atoms with Crippen LogP contribution < -0.4 is 4.52 Å². The largest absolute Gasteiger partial charge is 0.477 e. The lowest BCUT2D eigenvalue weighted by Gasteiger charge is -2.33. The van der Waals surface area contributed by atoms with E-state index in [1.165, 1.54) is 11.1 Å². The number of hydrogen-bond donors (Lipinski definition) is 1. The van der Waals surface area contributed by atoms with E-state index in [1.807, 2.05) is 5.80 Å². The van der Waals surface area contributed by atoms with Gasteiger partial charge in [0.15, 0.2) is 0 Å². The second-order valence-electron chi connectivity index (χ2n) is 6.31. The Morgan fingerprint density at radius 3 is 2.50 bits per heavy atom. The van der Waals surface area contributed by atoms with Gasteiger partial charge in [-0.2, -0.15) is 0 Å². The van der Waals surface area contributed by atoms with Crippen molar-refractivity contribution >= 4 is 13.7 Å². The number of nitrogens with zero attached hydrogens (tertiary/aromatic N) is 1. The summed E-state index contributed by atoms with van der Waals surface area (Å²) in [6.45, 7) is 9.34. The van der Waals surface area contributed by atoms with E-state index in [4.69, 9.17) is 4.52 Å². The number of likely N-dealkylation sites (tertiary alicyclic amines) is 1. The van der Waals surface area contributed by atoms with Crippen LogP contribution in [0.4, 0.5) is 0 Å². The van der Waals surface area contributed by atoms with E-state index < -0.39 is 13.7 Å². The molecule has 132 valence electrons. The third-order valence-corrected chi connectivity index (χ3v) is 6.65. The van der Waals surface area contributed by atoms with Crippen LogP contribution in [0.15, 0.2) is 35.2 Å².